The van der Waals surface area contributed by atoms with Gasteiger partial charge < -0.3 is 4.74 Å². The maximum absolute atomic E-state index is 8.60. The molecule has 0 aromatic heterocycles. The van der Waals surface area contributed by atoms with Crippen LogP contribution in [0.3, 0.4) is 0 Å². The van der Waals surface area contributed by atoms with Crippen molar-refractivity contribution in [1.29, 1.82) is 0 Å². The van der Waals surface area contributed by atoms with E-state index in [9.17, 15) is 0 Å². The highest BCUT2D eigenvalue weighted by atomic mass is 16.5. The van der Waals surface area contributed by atoms with Gasteiger partial charge in [-0.15, -0.1) is 0 Å². The molecule has 9 rings (SSSR count). The van der Waals surface area contributed by atoms with Crippen molar-refractivity contribution >= 4 is 0 Å². The summed E-state index contributed by atoms with van der Waals surface area (Å²) in [6, 6.07) is 65.0. The number of ether oxygens (including phenoxy) is 1. The van der Waals surface area contributed by atoms with E-state index in [1.165, 1.54) is 5.56 Å². The van der Waals surface area contributed by atoms with E-state index in [1.807, 2.05) is 24.3 Å². The van der Waals surface area contributed by atoms with Crippen molar-refractivity contribution in [2.75, 3.05) is 0 Å². The average molecular weight is 684 g/mol. The van der Waals surface area contributed by atoms with Crippen LogP contribution >= 0.6 is 0 Å². The first kappa shape index (κ1) is 29.2. The molecule has 8 aromatic rings. The molecule has 0 bridgehead atoms. The molecule has 0 N–H and O–H groups in total. The lowest BCUT2D eigenvalue weighted by molar-refractivity contribution is 0.419. The minimum Gasteiger partial charge on any atom is -0.456 e. The fourth-order valence-corrected chi connectivity index (χ4v) is 8.07. The summed E-state index contributed by atoms with van der Waals surface area (Å²) in [6.45, 7) is 2.00. The van der Waals surface area contributed by atoms with Crippen LogP contribution in [-0.2, 0) is 5.41 Å². The van der Waals surface area contributed by atoms with Gasteiger partial charge in [0.25, 0.3) is 0 Å². The van der Waals surface area contributed by atoms with Crippen molar-refractivity contribution in [1.82, 2.24) is 0 Å². The van der Waals surface area contributed by atoms with Crippen molar-refractivity contribution in [3.63, 3.8) is 0 Å². The molecule has 1 heterocycles. The minimum absolute atomic E-state index is 0.272. The Labute approximate surface area is 317 Å². The van der Waals surface area contributed by atoms with Crippen LogP contribution in [0, 0.1) is 6.85 Å². The predicted octanol–water partition coefficient (Wildman–Crippen LogP) is 14.4. The van der Waals surface area contributed by atoms with Gasteiger partial charge in [0.2, 0.25) is 0 Å². The van der Waals surface area contributed by atoms with Crippen LogP contribution in [0.5, 0.6) is 11.5 Å². The summed E-state index contributed by atoms with van der Waals surface area (Å²) >= 11 is 0. The van der Waals surface area contributed by atoms with E-state index in [2.05, 4.69) is 172 Å². The molecule has 254 valence electrons. The summed E-state index contributed by atoms with van der Waals surface area (Å²) in [7, 11) is 0. The molecule has 0 atom stereocenters. The number of aryl methyl sites for hydroxylation is 1. The van der Waals surface area contributed by atoms with Gasteiger partial charge >= 0.3 is 0 Å². The zero-order valence-electron chi connectivity index (χ0n) is 32.8. The van der Waals surface area contributed by atoms with Gasteiger partial charge in [-0.1, -0.05) is 190 Å². The van der Waals surface area contributed by atoms with Crippen LogP contribution < -0.4 is 4.74 Å². The fraction of sp³-hybridized carbons (Fsp3) is 0.0769. The average Bonchev–Trinajstić information content (AvgIpc) is 3.23. The van der Waals surface area contributed by atoms with Gasteiger partial charge in [0, 0.05) is 26.2 Å². The zero-order valence-corrected chi connectivity index (χ0v) is 29.8. The summed E-state index contributed by atoms with van der Waals surface area (Å²) < 4.78 is 32.5. The maximum atomic E-state index is 8.60. The smallest absolute Gasteiger partial charge is 0.139 e. The molecular formula is C52H40O. The van der Waals surface area contributed by atoms with Gasteiger partial charge in [0.05, 0.1) is 0 Å². The molecule has 1 nitrogen and oxygen atoms in total. The van der Waals surface area contributed by atoms with E-state index in [1.54, 1.807) is 6.07 Å². The molecule has 0 unspecified atom stereocenters. The SMILES string of the molecule is [2H]C([2H])([2H])c1ccc2c(c1-c1ccc(-c3cc(-c4ccccc4)c(-c4ccccc4)c(-c4ccccc4)c3-c3ccccc3)cc1)Oc1ccccc1C2(C)C. The number of para-hydroxylation sites is 1. The molecule has 0 saturated heterocycles. The number of benzene rings is 8. The topological polar surface area (TPSA) is 9.23 Å². The first-order valence-electron chi connectivity index (χ1n) is 19.7. The Morgan fingerprint density at radius 1 is 0.396 bits per heavy atom. The molecule has 0 saturated carbocycles. The molecule has 53 heavy (non-hydrogen) atoms. The van der Waals surface area contributed by atoms with Crippen LogP contribution in [0.2, 0.25) is 0 Å². The summed E-state index contributed by atoms with van der Waals surface area (Å²) in [6.07, 6.45) is 0. The Kier molecular flexibility index (Phi) is 7.30. The largest absolute Gasteiger partial charge is 0.456 e. The maximum Gasteiger partial charge on any atom is 0.139 e. The summed E-state index contributed by atoms with van der Waals surface area (Å²) in [5, 5.41) is 0. The van der Waals surface area contributed by atoms with E-state index in [4.69, 9.17) is 8.85 Å². The van der Waals surface area contributed by atoms with Gasteiger partial charge in [-0.25, -0.2) is 0 Å². The van der Waals surface area contributed by atoms with Crippen LogP contribution in [0.25, 0.3) is 66.8 Å². The van der Waals surface area contributed by atoms with Gasteiger partial charge in [0.15, 0.2) is 0 Å². The first-order valence-corrected chi connectivity index (χ1v) is 18.2. The fourth-order valence-electron chi connectivity index (χ4n) is 8.07. The zero-order chi connectivity index (χ0) is 38.4. The van der Waals surface area contributed by atoms with Crippen LogP contribution in [0.4, 0.5) is 0 Å². The normalized spacial score (nSPS) is 13.8. The third-order valence-corrected chi connectivity index (χ3v) is 10.7. The van der Waals surface area contributed by atoms with Gasteiger partial charge in [-0.3, -0.25) is 0 Å². The molecule has 0 spiro atoms. The molecule has 1 aliphatic rings. The second-order valence-corrected chi connectivity index (χ2v) is 14.2. The lowest BCUT2D eigenvalue weighted by Crippen LogP contribution is -2.24. The van der Waals surface area contributed by atoms with Crippen LogP contribution in [-0.4, -0.2) is 0 Å². The van der Waals surface area contributed by atoms with Gasteiger partial charge in [0.1, 0.15) is 11.5 Å². The van der Waals surface area contributed by atoms with Crippen molar-refractivity contribution in [2.45, 2.75) is 26.1 Å². The molecule has 0 amide bonds. The summed E-state index contributed by atoms with van der Waals surface area (Å²) in [5.41, 5.74) is 14.5. The second-order valence-electron chi connectivity index (χ2n) is 14.2. The Morgan fingerprint density at radius 2 is 0.830 bits per heavy atom. The van der Waals surface area contributed by atoms with E-state index in [0.717, 1.165) is 72.5 Å². The van der Waals surface area contributed by atoms with E-state index in [0.29, 0.717) is 11.3 Å². The van der Waals surface area contributed by atoms with Crippen LogP contribution in [0.15, 0.2) is 188 Å². The number of rotatable bonds is 6. The quantitative estimate of drug-likeness (QED) is 0.169. The summed E-state index contributed by atoms with van der Waals surface area (Å²) in [4.78, 5) is 0. The molecule has 1 aliphatic heterocycles. The highest BCUT2D eigenvalue weighted by Crippen LogP contribution is 2.53. The number of hydrogen-bond donors (Lipinski definition) is 0. The Balaban J connectivity index is 1.32. The van der Waals surface area contributed by atoms with Crippen LogP contribution in [0.1, 0.15) is 34.7 Å². The Bertz CT molecular complexity index is 2680. The van der Waals surface area contributed by atoms with E-state index >= 15 is 0 Å². The predicted molar refractivity (Wildman–Crippen MR) is 222 cm³/mol. The highest BCUT2D eigenvalue weighted by molar-refractivity contribution is 6.07. The number of hydrogen-bond acceptors (Lipinski definition) is 1. The molecule has 0 radical (unpaired) electrons. The molecule has 1 heteroatoms. The third-order valence-electron chi connectivity index (χ3n) is 10.7. The second kappa shape index (κ2) is 13.3. The van der Waals surface area contributed by atoms with Gasteiger partial charge in [-0.2, -0.15) is 0 Å². The van der Waals surface area contributed by atoms with Crippen molar-refractivity contribution in [2.24, 2.45) is 0 Å². The standard InChI is InChI=1S/C52H40O/c1-35-28-33-45-51(53-46-27-17-16-26-44(46)52(45,2)3)47(35)41-31-29-37(30-32-41)43-34-42(36-18-8-4-9-19-36)48(38-20-10-5-11-21-38)50(40-24-14-7-15-25-40)49(43)39-22-12-6-13-23-39/h4-34H,1-3H3/i1D3. The summed E-state index contributed by atoms with van der Waals surface area (Å²) in [5.74, 6) is 1.35. The highest BCUT2D eigenvalue weighted by Gasteiger charge is 2.36. The van der Waals surface area contributed by atoms with E-state index < -0.39 is 6.85 Å². The molecule has 0 aliphatic carbocycles. The lowest BCUT2D eigenvalue weighted by atomic mass is 9.74. The van der Waals surface area contributed by atoms with Crippen molar-refractivity contribution in [3.8, 4) is 78.3 Å². The minimum atomic E-state index is -2.35. The molecular weight excluding hydrogens is 641 g/mol. The third kappa shape index (κ3) is 5.66. The monoisotopic (exact) mass is 683 g/mol. The first-order chi connectivity index (χ1) is 27.2. The van der Waals surface area contributed by atoms with Gasteiger partial charge in [-0.05, 0) is 85.7 Å². The lowest BCUT2D eigenvalue weighted by Gasteiger charge is -2.36. The van der Waals surface area contributed by atoms with Crippen molar-refractivity contribution < 1.29 is 8.85 Å². The van der Waals surface area contributed by atoms with E-state index in [-0.39, 0.29) is 11.0 Å². The Hall–Kier alpha value is -6.44. The molecule has 0 fully saturated rings. The number of fused-ring (bicyclic) bond motifs is 2. The Morgan fingerprint density at radius 3 is 1.38 bits per heavy atom. The van der Waals surface area contributed by atoms with Crippen molar-refractivity contribution in [3.05, 3.63) is 205 Å². The molecule has 8 aromatic carbocycles.